The molecule has 32 heavy (non-hydrogen) atoms. The van der Waals surface area contributed by atoms with E-state index in [0.717, 1.165) is 29.3 Å². The summed E-state index contributed by atoms with van der Waals surface area (Å²) in [6.07, 6.45) is 8.04. The van der Waals surface area contributed by atoms with E-state index < -0.39 is 14.9 Å². The summed E-state index contributed by atoms with van der Waals surface area (Å²) in [6, 6.07) is 16.0. The topological polar surface area (TPSA) is 94.2 Å². The van der Waals surface area contributed by atoms with Crippen molar-refractivity contribution >= 4 is 26.6 Å². The van der Waals surface area contributed by atoms with Crippen LogP contribution in [-0.4, -0.2) is 24.5 Å². The van der Waals surface area contributed by atoms with Crippen molar-refractivity contribution in [3.05, 3.63) is 70.4 Å². The van der Waals surface area contributed by atoms with E-state index in [0.29, 0.717) is 6.42 Å². The second-order valence-electron chi connectivity index (χ2n) is 7.54. The van der Waals surface area contributed by atoms with E-state index in [2.05, 4.69) is 23.6 Å². The molecule has 0 saturated carbocycles. The van der Waals surface area contributed by atoms with E-state index in [1.54, 1.807) is 0 Å². The van der Waals surface area contributed by atoms with Crippen molar-refractivity contribution in [2.24, 2.45) is 0 Å². The molecule has 0 aliphatic heterocycles. The molecule has 0 aliphatic rings. The molecule has 8 heteroatoms. The molecule has 0 atom stereocenters. The van der Waals surface area contributed by atoms with Crippen LogP contribution in [0.1, 0.15) is 44.6 Å². The van der Waals surface area contributed by atoms with Crippen LogP contribution in [0.3, 0.4) is 0 Å². The van der Waals surface area contributed by atoms with Gasteiger partial charge in [0.1, 0.15) is 0 Å². The van der Waals surface area contributed by atoms with Gasteiger partial charge in [0.25, 0.3) is 5.69 Å². The zero-order valence-corrected chi connectivity index (χ0v) is 18.9. The number of non-ortho nitro benzene ring substituents is 1. The average molecular weight is 454 g/mol. The molecule has 1 heterocycles. The van der Waals surface area contributed by atoms with Gasteiger partial charge in [-0.1, -0.05) is 50.3 Å². The SMILES string of the molecule is CCCCCCC#Cn1cc(CCNS(=O)(=O)c2ccc([N+](=O)[O-])cc2)c2ccccc21. The fourth-order valence-electron chi connectivity index (χ4n) is 3.47. The molecule has 1 N–H and O–H groups in total. The number of fused-ring (bicyclic) bond motifs is 1. The smallest absolute Gasteiger partial charge is 0.269 e. The number of nitro groups is 1. The van der Waals surface area contributed by atoms with Gasteiger partial charge in [0.05, 0.1) is 15.3 Å². The average Bonchev–Trinajstić information content (AvgIpc) is 3.14. The normalized spacial score (nSPS) is 11.3. The molecule has 168 valence electrons. The molecular weight excluding hydrogens is 426 g/mol. The first kappa shape index (κ1) is 23.5. The lowest BCUT2D eigenvalue weighted by Crippen LogP contribution is -2.25. The van der Waals surface area contributed by atoms with Gasteiger partial charge in [-0.25, -0.2) is 13.1 Å². The summed E-state index contributed by atoms with van der Waals surface area (Å²) in [4.78, 5) is 10.2. The van der Waals surface area contributed by atoms with Crippen molar-refractivity contribution in [2.45, 2.75) is 50.3 Å². The summed E-state index contributed by atoms with van der Waals surface area (Å²) < 4.78 is 29.5. The van der Waals surface area contributed by atoms with Gasteiger partial charge in [-0.05, 0) is 36.6 Å². The fraction of sp³-hybridized carbons (Fsp3) is 0.333. The van der Waals surface area contributed by atoms with E-state index in [4.69, 9.17) is 0 Å². The molecule has 3 rings (SSSR count). The second-order valence-corrected chi connectivity index (χ2v) is 9.31. The van der Waals surface area contributed by atoms with Gasteiger partial charge in [0.15, 0.2) is 0 Å². The molecule has 1 aromatic heterocycles. The number of benzene rings is 2. The molecular formula is C24H27N3O4S. The highest BCUT2D eigenvalue weighted by molar-refractivity contribution is 7.89. The summed E-state index contributed by atoms with van der Waals surface area (Å²) in [5.41, 5.74) is 1.86. The Labute approximate surface area is 188 Å². The van der Waals surface area contributed by atoms with Crippen molar-refractivity contribution in [1.82, 2.24) is 9.29 Å². The van der Waals surface area contributed by atoms with E-state index in [1.807, 2.05) is 35.0 Å². The highest BCUT2D eigenvalue weighted by atomic mass is 32.2. The highest BCUT2D eigenvalue weighted by Gasteiger charge is 2.16. The molecule has 0 unspecified atom stereocenters. The highest BCUT2D eigenvalue weighted by Crippen LogP contribution is 2.21. The van der Waals surface area contributed by atoms with Crippen LogP contribution in [0.2, 0.25) is 0 Å². The van der Waals surface area contributed by atoms with Crippen molar-refractivity contribution in [3.63, 3.8) is 0 Å². The summed E-state index contributed by atoms with van der Waals surface area (Å²) >= 11 is 0. The van der Waals surface area contributed by atoms with Crippen LogP contribution >= 0.6 is 0 Å². The number of hydrogen-bond acceptors (Lipinski definition) is 4. The third-order valence-electron chi connectivity index (χ3n) is 5.19. The van der Waals surface area contributed by atoms with Crippen molar-refractivity contribution in [1.29, 1.82) is 0 Å². The van der Waals surface area contributed by atoms with Gasteiger partial charge < -0.3 is 0 Å². The van der Waals surface area contributed by atoms with E-state index in [1.165, 1.54) is 43.5 Å². The molecule has 0 spiro atoms. The standard InChI is InChI=1S/C24H27N3O4S/c1-2-3-4-5-6-9-18-26-19-20(23-10-7-8-11-24(23)26)16-17-25-32(30,31)22-14-12-21(13-15-22)27(28)29/h7-8,10-15,19,25H,2-6,16-17H2,1H3. The Morgan fingerprint density at radius 1 is 1.06 bits per heavy atom. The minimum Gasteiger partial charge on any atom is -0.276 e. The minimum absolute atomic E-state index is 0.000493. The number of nitro benzene ring substituents is 1. The first-order valence-corrected chi connectivity index (χ1v) is 12.2. The Hall–Kier alpha value is -3.15. The maximum Gasteiger partial charge on any atom is 0.269 e. The van der Waals surface area contributed by atoms with Crippen LogP contribution < -0.4 is 4.72 Å². The fourth-order valence-corrected chi connectivity index (χ4v) is 4.51. The Balaban J connectivity index is 1.67. The molecule has 0 amide bonds. The van der Waals surface area contributed by atoms with E-state index in [-0.39, 0.29) is 17.1 Å². The van der Waals surface area contributed by atoms with Gasteiger partial charge in [-0.15, -0.1) is 0 Å². The predicted octanol–water partition coefficient (Wildman–Crippen LogP) is 4.85. The largest absolute Gasteiger partial charge is 0.276 e. The number of para-hydroxylation sites is 1. The van der Waals surface area contributed by atoms with Gasteiger partial charge in [-0.3, -0.25) is 14.7 Å². The molecule has 3 aromatic rings. The van der Waals surface area contributed by atoms with Gasteiger partial charge >= 0.3 is 0 Å². The van der Waals surface area contributed by atoms with Crippen molar-refractivity contribution in [2.75, 3.05) is 6.54 Å². The Morgan fingerprint density at radius 3 is 2.53 bits per heavy atom. The van der Waals surface area contributed by atoms with Crippen LogP contribution in [0.25, 0.3) is 10.9 Å². The maximum atomic E-state index is 12.5. The summed E-state index contributed by atoms with van der Waals surface area (Å²) in [5.74, 6) is 3.23. The van der Waals surface area contributed by atoms with Gasteiger partial charge in [0.2, 0.25) is 10.0 Å². The zero-order valence-electron chi connectivity index (χ0n) is 18.1. The number of rotatable bonds is 10. The Kier molecular flexibility index (Phi) is 8.03. The first-order chi connectivity index (χ1) is 15.4. The number of nitrogens with zero attached hydrogens (tertiary/aromatic N) is 2. The maximum absolute atomic E-state index is 12.5. The summed E-state index contributed by atoms with van der Waals surface area (Å²) in [5, 5.41) is 11.8. The number of sulfonamides is 1. The van der Waals surface area contributed by atoms with Crippen molar-refractivity contribution < 1.29 is 13.3 Å². The predicted molar refractivity (Wildman–Crippen MR) is 126 cm³/mol. The third kappa shape index (κ3) is 5.96. The number of nitrogens with one attached hydrogen (secondary N) is 1. The lowest BCUT2D eigenvalue weighted by atomic mass is 10.1. The van der Waals surface area contributed by atoms with Crippen LogP contribution in [-0.2, 0) is 16.4 Å². The molecule has 0 aliphatic carbocycles. The lowest BCUT2D eigenvalue weighted by molar-refractivity contribution is -0.384. The molecule has 7 nitrogen and oxygen atoms in total. The van der Waals surface area contributed by atoms with Crippen molar-refractivity contribution in [3.8, 4) is 12.0 Å². The van der Waals surface area contributed by atoms with E-state index in [9.17, 15) is 18.5 Å². The lowest BCUT2D eigenvalue weighted by Gasteiger charge is -2.06. The first-order valence-electron chi connectivity index (χ1n) is 10.7. The molecule has 0 fully saturated rings. The monoisotopic (exact) mass is 453 g/mol. The Bertz CT molecular complexity index is 1240. The van der Waals surface area contributed by atoms with Crippen LogP contribution in [0.5, 0.6) is 0 Å². The third-order valence-corrected chi connectivity index (χ3v) is 6.67. The minimum atomic E-state index is -3.75. The summed E-state index contributed by atoms with van der Waals surface area (Å²) in [7, 11) is -3.75. The van der Waals surface area contributed by atoms with Crippen LogP contribution in [0.4, 0.5) is 5.69 Å². The number of hydrogen-bond donors (Lipinski definition) is 1. The quantitative estimate of drug-likeness (QED) is 0.205. The molecule has 2 aromatic carbocycles. The molecule has 0 saturated heterocycles. The second kappa shape index (κ2) is 10.9. The van der Waals surface area contributed by atoms with Crippen LogP contribution in [0, 0.1) is 22.1 Å². The van der Waals surface area contributed by atoms with E-state index >= 15 is 0 Å². The molecule has 0 radical (unpaired) electrons. The Morgan fingerprint density at radius 2 is 1.81 bits per heavy atom. The molecule has 0 bridgehead atoms. The number of unbranched alkanes of at least 4 members (excludes halogenated alkanes) is 4. The van der Waals surface area contributed by atoms with Crippen LogP contribution in [0.15, 0.2) is 59.6 Å². The zero-order chi connectivity index (χ0) is 23.0. The van der Waals surface area contributed by atoms with Gasteiger partial charge in [-0.2, -0.15) is 0 Å². The number of aromatic nitrogens is 1. The van der Waals surface area contributed by atoms with Gasteiger partial charge in [0, 0.05) is 42.7 Å². The summed E-state index contributed by atoms with van der Waals surface area (Å²) in [6.45, 7) is 2.39.